The molecule has 0 aliphatic carbocycles. The average Bonchev–Trinajstić information content (AvgIpc) is 3.33. The van der Waals surface area contributed by atoms with Crippen molar-refractivity contribution in [1.29, 1.82) is 0 Å². The minimum absolute atomic E-state index is 0.0232. The Balaban J connectivity index is 1.67. The lowest BCUT2D eigenvalue weighted by Gasteiger charge is -2.24. The van der Waals surface area contributed by atoms with Crippen LogP contribution in [0.1, 0.15) is 32.4 Å². The number of hydrogen-bond donors (Lipinski definition) is 1. The van der Waals surface area contributed by atoms with Crippen molar-refractivity contribution in [1.82, 2.24) is 10.3 Å². The summed E-state index contributed by atoms with van der Waals surface area (Å²) in [4.78, 5) is 17.1. The first kappa shape index (κ1) is 20.6. The van der Waals surface area contributed by atoms with E-state index in [1.807, 2.05) is 38.1 Å². The lowest BCUT2D eigenvalue weighted by atomic mass is 9.82. The minimum atomic E-state index is -0.243. The molecule has 1 aromatic rings. The highest BCUT2D eigenvalue weighted by Gasteiger charge is 2.43. The van der Waals surface area contributed by atoms with Crippen molar-refractivity contribution in [3.8, 4) is 0 Å². The predicted molar refractivity (Wildman–Crippen MR) is 106 cm³/mol. The molecule has 3 heterocycles. The predicted octanol–water partition coefficient (Wildman–Crippen LogP) is 3.00. The summed E-state index contributed by atoms with van der Waals surface area (Å²) in [6.07, 6.45) is 5.90. The third-order valence-electron chi connectivity index (χ3n) is 5.53. The van der Waals surface area contributed by atoms with Gasteiger partial charge in [-0.1, -0.05) is 18.2 Å². The van der Waals surface area contributed by atoms with E-state index in [0.717, 1.165) is 29.9 Å². The van der Waals surface area contributed by atoms with E-state index >= 15 is 0 Å². The normalized spacial score (nSPS) is 28.3. The van der Waals surface area contributed by atoms with Gasteiger partial charge < -0.3 is 19.5 Å². The van der Waals surface area contributed by atoms with Crippen molar-refractivity contribution in [2.24, 2.45) is 11.8 Å². The topological polar surface area (TPSA) is 69.7 Å². The number of nitrogens with zero attached hydrogens (tertiary/aromatic N) is 1. The summed E-state index contributed by atoms with van der Waals surface area (Å²) in [5.74, 6) is 0.466. The SMILES string of the molecule is C=C(CC1OCO/C1=C/C)[C@H]1CN[C@@H](CCc2ccccn2)[C@@H]1C(=O)OCC. The van der Waals surface area contributed by atoms with E-state index in [1.165, 1.54) is 0 Å². The Morgan fingerprint density at radius 2 is 2.32 bits per heavy atom. The van der Waals surface area contributed by atoms with Crippen LogP contribution in [0.25, 0.3) is 0 Å². The van der Waals surface area contributed by atoms with Crippen LogP contribution in [0.4, 0.5) is 0 Å². The highest BCUT2D eigenvalue weighted by molar-refractivity contribution is 5.74. The van der Waals surface area contributed by atoms with Gasteiger partial charge in [-0.3, -0.25) is 9.78 Å². The van der Waals surface area contributed by atoms with E-state index in [9.17, 15) is 4.79 Å². The molecule has 1 unspecified atom stereocenters. The maximum atomic E-state index is 12.8. The Bertz CT molecular complexity index is 704. The summed E-state index contributed by atoms with van der Waals surface area (Å²) in [5, 5.41) is 3.52. The van der Waals surface area contributed by atoms with Gasteiger partial charge in [0.2, 0.25) is 0 Å². The van der Waals surface area contributed by atoms with E-state index in [2.05, 4.69) is 16.9 Å². The van der Waals surface area contributed by atoms with E-state index in [0.29, 0.717) is 19.6 Å². The van der Waals surface area contributed by atoms with Gasteiger partial charge in [-0.25, -0.2) is 0 Å². The van der Waals surface area contributed by atoms with E-state index in [-0.39, 0.29) is 36.7 Å². The van der Waals surface area contributed by atoms with Crippen LogP contribution in [0.3, 0.4) is 0 Å². The molecule has 0 amide bonds. The third-order valence-corrected chi connectivity index (χ3v) is 5.53. The first-order chi connectivity index (χ1) is 13.6. The summed E-state index contributed by atoms with van der Waals surface area (Å²) >= 11 is 0. The number of carbonyl (C=O) groups excluding carboxylic acids is 1. The molecule has 2 aliphatic heterocycles. The van der Waals surface area contributed by atoms with Crippen molar-refractivity contribution in [2.45, 2.75) is 45.3 Å². The number of ether oxygens (including phenoxy) is 3. The molecule has 2 fully saturated rings. The number of allylic oxidation sites excluding steroid dienone is 1. The third kappa shape index (κ3) is 4.80. The Labute approximate surface area is 167 Å². The summed E-state index contributed by atoms with van der Waals surface area (Å²) in [5.41, 5.74) is 2.03. The largest absolute Gasteiger partial charge is 0.469 e. The zero-order chi connectivity index (χ0) is 19.9. The van der Waals surface area contributed by atoms with Gasteiger partial charge in [0.25, 0.3) is 0 Å². The molecule has 2 aliphatic rings. The second-order valence-corrected chi connectivity index (χ2v) is 7.23. The van der Waals surface area contributed by atoms with Crippen LogP contribution in [0, 0.1) is 11.8 Å². The molecule has 4 atom stereocenters. The number of nitrogens with one attached hydrogen (secondary N) is 1. The van der Waals surface area contributed by atoms with Gasteiger partial charge >= 0.3 is 5.97 Å². The first-order valence-electron chi connectivity index (χ1n) is 10.0. The molecule has 1 N–H and O–H groups in total. The number of aryl methyl sites for hydroxylation is 1. The molecule has 6 heteroatoms. The van der Waals surface area contributed by atoms with Crippen LogP contribution in [0.15, 0.2) is 48.4 Å². The Morgan fingerprint density at radius 1 is 1.46 bits per heavy atom. The van der Waals surface area contributed by atoms with Gasteiger partial charge in [0.15, 0.2) is 6.79 Å². The van der Waals surface area contributed by atoms with Crippen molar-refractivity contribution < 1.29 is 19.0 Å². The average molecular weight is 386 g/mol. The molecule has 1 aromatic heterocycles. The smallest absolute Gasteiger partial charge is 0.311 e. The van der Waals surface area contributed by atoms with Crippen LogP contribution in [-0.2, 0) is 25.4 Å². The maximum Gasteiger partial charge on any atom is 0.311 e. The lowest BCUT2D eigenvalue weighted by Crippen LogP contribution is -2.35. The van der Waals surface area contributed by atoms with Crippen molar-refractivity contribution in [3.05, 3.63) is 54.1 Å². The molecule has 0 saturated carbocycles. The van der Waals surface area contributed by atoms with E-state index in [4.69, 9.17) is 14.2 Å². The van der Waals surface area contributed by atoms with Gasteiger partial charge in [0.05, 0.1) is 12.5 Å². The lowest BCUT2D eigenvalue weighted by molar-refractivity contribution is -0.149. The fraction of sp³-hybridized carbons (Fsp3) is 0.545. The van der Waals surface area contributed by atoms with Crippen LogP contribution in [0.2, 0.25) is 0 Å². The van der Waals surface area contributed by atoms with Crippen molar-refractivity contribution in [2.75, 3.05) is 19.9 Å². The molecule has 0 spiro atoms. The summed E-state index contributed by atoms with van der Waals surface area (Å²) in [6.45, 7) is 9.44. The first-order valence-corrected chi connectivity index (χ1v) is 10.0. The number of pyridine rings is 1. The molecule has 0 bridgehead atoms. The molecular weight excluding hydrogens is 356 g/mol. The molecule has 0 radical (unpaired) electrons. The summed E-state index contributed by atoms with van der Waals surface area (Å²) < 4.78 is 16.5. The number of aromatic nitrogens is 1. The minimum Gasteiger partial charge on any atom is -0.469 e. The fourth-order valence-corrected chi connectivity index (χ4v) is 4.09. The van der Waals surface area contributed by atoms with Gasteiger partial charge in [0, 0.05) is 36.8 Å². The molecule has 6 nitrogen and oxygen atoms in total. The number of rotatable bonds is 8. The van der Waals surface area contributed by atoms with Crippen LogP contribution in [-0.4, -0.2) is 43.0 Å². The van der Waals surface area contributed by atoms with Gasteiger partial charge in [-0.15, -0.1) is 0 Å². The Kier molecular flexibility index (Phi) is 7.23. The Morgan fingerprint density at radius 3 is 3.04 bits per heavy atom. The highest BCUT2D eigenvalue weighted by atomic mass is 16.7. The molecule has 152 valence electrons. The van der Waals surface area contributed by atoms with Crippen LogP contribution < -0.4 is 5.32 Å². The molecule has 3 rings (SSSR count). The second-order valence-electron chi connectivity index (χ2n) is 7.23. The zero-order valence-electron chi connectivity index (χ0n) is 16.7. The zero-order valence-corrected chi connectivity index (χ0v) is 16.7. The summed E-state index contributed by atoms with van der Waals surface area (Å²) in [6, 6.07) is 5.96. The van der Waals surface area contributed by atoms with Gasteiger partial charge in [0.1, 0.15) is 11.9 Å². The molecule has 28 heavy (non-hydrogen) atoms. The summed E-state index contributed by atoms with van der Waals surface area (Å²) in [7, 11) is 0. The van der Waals surface area contributed by atoms with Crippen LogP contribution >= 0.6 is 0 Å². The maximum absolute atomic E-state index is 12.8. The van der Waals surface area contributed by atoms with Gasteiger partial charge in [-0.05, 0) is 44.9 Å². The van der Waals surface area contributed by atoms with Crippen molar-refractivity contribution in [3.63, 3.8) is 0 Å². The molecular formula is C22H30N2O4. The van der Waals surface area contributed by atoms with E-state index in [1.54, 1.807) is 6.20 Å². The highest BCUT2D eigenvalue weighted by Crippen LogP contribution is 2.35. The monoisotopic (exact) mass is 386 g/mol. The van der Waals surface area contributed by atoms with Gasteiger partial charge in [-0.2, -0.15) is 0 Å². The number of hydrogen-bond acceptors (Lipinski definition) is 6. The fourth-order valence-electron chi connectivity index (χ4n) is 4.09. The second kappa shape index (κ2) is 9.85. The van der Waals surface area contributed by atoms with Crippen LogP contribution in [0.5, 0.6) is 0 Å². The van der Waals surface area contributed by atoms with Crippen molar-refractivity contribution >= 4 is 5.97 Å². The number of carbonyl (C=O) groups is 1. The molecule has 2 saturated heterocycles. The van der Waals surface area contributed by atoms with E-state index < -0.39 is 0 Å². The standard InChI is InChI=1S/C22H30N2O4/c1-4-19-20(28-14-27-19)12-15(3)17-13-24-18(21(17)22(25)26-5-2)10-9-16-8-6-7-11-23-16/h4,6-8,11,17-18,20-21,24H,3,5,9-10,12-14H2,1-2H3/b19-4+/t17-,18+,20?,21-/m1/s1. The quantitative estimate of drug-likeness (QED) is 0.547. The Hall–Kier alpha value is -2.18. The number of esters is 1. The molecule has 0 aromatic carbocycles.